The van der Waals surface area contributed by atoms with Crippen LogP contribution in [0.25, 0.3) is 0 Å². The van der Waals surface area contributed by atoms with Crippen LogP contribution in [0.5, 0.6) is 0 Å². The Morgan fingerprint density at radius 2 is 2.00 bits per heavy atom. The molecule has 3 heteroatoms. The highest BCUT2D eigenvalue weighted by Crippen LogP contribution is 2.58. The average molecular weight is 170 g/mol. The number of hydrogen-bond donors (Lipinski definition) is 2. The van der Waals surface area contributed by atoms with Gasteiger partial charge in [-0.3, -0.25) is 0 Å². The lowest BCUT2D eigenvalue weighted by Gasteiger charge is -2.27. The summed E-state index contributed by atoms with van der Waals surface area (Å²) >= 11 is 0. The molecule has 2 saturated carbocycles. The van der Waals surface area contributed by atoms with Gasteiger partial charge in [0.1, 0.15) is 0 Å². The first kappa shape index (κ1) is 7.30. The van der Waals surface area contributed by atoms with Gasteiger partial charge in [0.2, 0.25) is 0 Å². The molecule has 68 valence electrons. The van der Waals surface area contributed by atoms with Gasteiger partial charge in [0, 0.05) is 5.92 Å². The number of fused-ring (bicyclic) bond motifs is 1. The van der Waals surface area contributed by atoms with Gasteiger partial charge in [-0.2, -0.15) is 0 Å². The Balaban J connectivity index is 2.01. The Kier molecular flexibility index (Phi) is 1.23. The summed E-state index contributed by atoms with van der Waals surface area (Å²) < 4.78 is 5.33. The molecule has 1 heterocycles. The van der Waals surface area contributed by atoms with Crippen LogP contribution in [0.4, 0.5) is 0 Å². The largest absolute Gasteiger partial charge is 0.390 e. The lowest BCUT2D eigenvalue weighted by atomic mass is 9.79. The molecule has 0 aromatic carbocycles. The molecule has 12 heavy (non-hydrogen) atoms. The molecule has 1 aliphatic heterocycles. The molecule has 2 N–H and O–H groups in total. The van der Waals surface area contributed by atoms with Gasteiger partial charge < -0.3 is 14.9 Å². The fraction of sp³-hybridized carbons (Fsp3) is 1.00. The summed E-state index contributed by atoms with van der Waals surface area (Å²) in [6.45, 7) is 2.12. The van der Waals surface area contributed by atoms with E-state index in [9.17, 15) is 10.2 Å². The minimum atomic E-state index is -0.614. The molecule has 3 fully saturated rings. The van der Waals surface area contributed by atoms with Crippen molar-refractivity contribution in [1.82, 2.24) is 0 Å². The zero-order valence-corrected chi connectivity index (χ0v) is 7.05. The lowest BCUT2D eigenvalue weighted by molar-refractivity contribution is -0.121. The second kappa shape index (κ2) is 2.03. The van der Waals surface area contributed by atoms with E-state index in [1.807, 2.05) is 0 Å². The van der Waals surface area contributed by atoms with Crippen molar-refractivity contribution in [2.75, 3.05) is 0 Å². The highest BCUT2D eigenvalue weighted by atomic mass is 16.6. The molecular formula is C9H14O3. The predicted molar refractivity (Wildman–Crippen MR) is 41.1 cm³/mol. The first-order valence-electron chi connectivity index (χ1n) is 4.71. The van der Waals surface area contributed by atoms with E-state index < -0.39 is 6.29 Å². The zero-order chi connectivity index (χ0) is 8.46. The Morgan fingerprint density at radius 3 is 2.67 bits per heavy atom. The van der Waals surface area contributed by atoms with Gasteiger partial charge in [-0.15, -0.1) is 0 Å². The first-order chi connectivity index (χ1) is 5.70. The number of hydrogen-bond acceptors (Lipinski definition) is 3. The van der Waals surface area contributed by atoms with Crippen LogP contribution < -0.4 is 0 Å². The van der Waals surface area contributed by atoms with Crippen LogP contribution in [0.1, 0.15) is 13.3 Å². The smallest absolute Gasteiger partial charge is 0.158 e. The van der Waals surface area contributed by atoms with Gasteiger partial charge >= 0.3 is 0 Å². The number of aliphatic hydroxyl groups excluding tert-OH is 2. The fourth-order valence-electron chi connectivity index (χ4n) is 3.57. The molecule has 6 unspecified atom stereocenters. The van der Waals surface area contributed by atoms with Crippen LogP contribution in [0.3, 0.4) is 0 Å². The van der Waals surface area contributed by atoms with Gasteiger partial charge in [-0.05, 0) is 24.2 Å². The van der Waals surface area contributed by atoms with Crippen LogP contribution in [0.15, 0.2) is 0 Å². The van der Waals surface area contributed by atoms with Crippen molar-refractivity contribution in [3.63, 3.8) is 0 Å². The van der Waals surface area contributed by atoms with Crippen LogP contribution in [-0.2, 0) is 4.74 Å². The first-order valence-corrected chi connectivity index (χ1v) is 4.71. The summed E-state index contributed by atoms with van der Waals surface area (Å²) in [5.41, 5.74) is 0. The third-order valence-corrected chi connectivity index (χ3v) is 4.14. The summed E-state index contributed by atoms with van der Waals surface area (Å²) in [5, 5.41) is 19.3. The maximum absolute atomic E-state index is 9.76. The van der Waals surface area contributed by atoms with Crippen molar-refractivity contribution in [2.45, 2.75) is 31.8 Å². The predicted octanol–water partition coefficient (Wildman–Crippen LogP) is -0.0335. The van der Waals surface area contributed by atoms with Gasteiger partial charge in [-0.25, -0.2) is 0 Å². The summed E-state index contributed by atoms with van der Waals surface area (Å²) in [6, 6.07) is 0. The summed E-state index contributed by atoms with van der Waals surface area (Å²) in [4.78, 5) is 0. The Morgan fingerprint density at radius 1 is 1.25 bits per heavy atom. The molecule has 3 rings (SSSR count). The van der Waals surface area contributed by atoms with Crippen LogP contribution >= 0.6 is 0 Å². The van der Waals surface area contributed by atoms with Gasteiger partial charge in [-0.1, -0.05) is 6.92 Å². The molecular weight excluding hydrogens is 156 g/mol. The van der Waals surface area contributed by atoms with E-state index in [1.54, 1.807) is 0 Å². The van der Waals surface area contributed by atoms with E-state index >= 15 is 0 Å². The third kappa shape index (κ3) is 0.605. The third-order valence-electron chi connectivity index (χ3n) is 4.14. The molecule has 0 aromatic heterocycles. The van der Waals surface area contributed by atoms with Crippen molar-refractivity contribution in [2.24, 2.45) is 23.7 Å². The number of aliphatic hydroxyl groups is 2. The maximum atomic E-state index is 9.76. The number of ether oxygens (including phenoxy) is 1. The van der Waals surface area contributed by atoms with Crippen molar-refractivity contribution < 1.29 is 14.9 Å². The molecule has 3 aliphatic rings. The second-order valence-corrected chi connectivity index (χ2v) is 4.48. The highest BCUT2D eigenvalue weighted by Gasteiger charge is 2.63. The van der Waals surface area contributed by atoms with Crippen LogP contribution in [0, 0.1) is 23.7 Å². The summed E-state index contributed by atoms with van der Waals surface area (Å²) in [6.07, 6.45) is 0.0519. The van der Waals surface area contributed by atoms with Crippen molar-refractivity contribution >= 4 is 0 Å². The molecule has 7 atom stereocenters. The number of rotatable bonds is 0. The van der Waals surface area contributed by atoms with Gasteiger partial charge in [0.25, 0.3) is 0 Å². The monoisotopic (exact) mass is 170 g/mol. The van der Waals surface area contributed by atoms with E-state index in [0.29, 0.717) is 23.7 Å². The maximum Gasteiger partial charge on any atom is 0.158 e. The van der Waals surface area contributed by atoms with E-state index in [4.69, 9.17) is 4.74 Å². The minimum Gasteiger partial charge on any atom is -0.390 e. The minimum absolute atomic E-state index is 0.0637. The Labute approximate surface area is 71.3 Å². The SMILES string of the molecule is CC1C2CC3C(O[C@H](O)C13)C2O. The molecule has 1 saturated heterocycles. The zero-order valence-electron chi connectivity index (χ0n) is 7.05. The molecule has 2 aliphatic carbocycles. The molecule has 0 radical (unpaired) electrons. The molecule has 2 bridgehead atoms. The van der Waals surface area contributed by atoms with E-state index in [2.05, 4.69) is 6.92 Å². The van der Waals surface area contributed by atoms with E-state index in [0.717, 1.165) is 6.42 Å². The van der Waals surface area contributed by atoms with Gasteiger partial charge in [0.15, 0.2) is 6.29 Å². The molecule has 0 aromatic rings. The van der Waals surface area contributed by atoms with E-state index in [1.165, 1.54) is 0 Å². The Hall–Kier alpha value is -0.120. The van der Waals surface area contributed by atoms with Crippen LogP contribution in [-0.4, -0.2) is 28.7 Å². The normalized spacial score (nSPS) is 67.8. The lowest BCUT2D eigenvalue weighted by Crippen LogP contribution is -2.36. The second-order valence-electron chi connectivity index (χ2n) is 4.48. The topological polar surface area (TPSA) is 49.7 Å². The molecule has 3 nitrogen and oxygen atoms in total. The van der Waals surface area contributed by atoms with E-state index in [-0.39, 0.29) is 12.2 Å². The standard InChI is InChI=1S/C9H14O3/c1-3-4-2-5-6(3)9(11)12-8(5)7(4)10/h3-11H,2H2,1H3/t3?,4?,5?,6?,7?,8?,9-/m0/s1. The van der Waals surface area contributed by atoms with Crippen LogP contribution in [0.2, 0.25) is 0 Å². The van der Waals surface area contributed by atoms with Crippen molar-refractivity contribution in [3.05, 3.63) is 0 Å². The average Bonchev–Trinajstić information content (AvgIpc) is 2.56. The Bertz CT molecular complexity index is 214. The fourth-order valence-corrected chi connectivity index (χ4v) is 3.57. The van der Waals surface area contributed by atoms with Crippen molar-refractivity contribution in [1.29, 1.82) is 0 Å². The molecule has 0 amide bonds. The quantitative estimate of drug-likeness (QED) is 0.536. The molecule has 0 spiro atoms. The van der Waals surface area contributed by atoms with Crippen molar-refractivity contribution in [3.8, 4) is 0 Å². The van der Waals surface area contributed by atoms with Gasteiger partial charge in [0.05, 0.1) is 12.2 Å². The highest BCUT2D eigenvalue weighted by molar-refractivity contribution is 5.09. The summed E-state index contributed by atoms with van der Waals surface area (Å²) in [5.74, 6) is 1.53. The summed E-state index contributed by atoms with van der Waals surface area (Å²) in [7, 11) is 0.